The summed E-state index contributed by atoms with van der Waals surface area (Å²) in [5, 5.41) is 7.15. The maximum Gasteiger partial charge on any atom is 0.360 e. The van der Waals surface area contributed by atoms with Gasteiger partial charge in [-0.25, -0.2) is 4.79 Å². The molecule has 1 N–H and O–H groups in total. The number of methoxy groups -OCH3 is 1. The monoisotopic (exact) mass is 505 g/mol. The third kappa shape index (κ3) is 5.35. The molecule has 2 aromatic carbocycles. The van der Waals surface area contributed by atoms with Crippen molar-refractivity contribution < 1.29 is 27.9 Å². The van der Waals surface area contributed by atoms with Gasteiger partial charge in [-0.2, -0.15) is 0 Å². The Morgan fingerprint density at radius 3 is 2.65 bits per heavy atom. The third-order valence-electron chi connectivity index (χ3n) is 6.16. The van der Waals surface area contributed by atoms with Crippen LogP contribution in [0.5, 0.6) is 11.5 Å². The molecule has 4 aromatic rings. The summed E-state index contributed by atoms with van der Waals surface area (Å²) < 4.78 is 27.7. The predicted molar refractivity (Wildman–Crippen MR) is 136 cm³/mol. The number of carbonyl (C=O) groups is 1. The van der Waals surface area contributed by atoms with Crippen LogP contribution in [0.3, 0.4) is 0 Å². The number of hydrogen-bond acceptors (Lipinski definition) is 9. The van der Waals surface area contributed by atoms with E-state index in [0.717, 1.165) is 19.6 Å². The van der Waals surface area contributed by atoms with Gasteiger partial charge in [0.05, 0.1) is 26.0 Å². The van der Waals surface area contributed by atoms with Crippen LogP contribution in [0.15, 0.2) is 62.3 Å². The number of rotatable bonds is 8. The second-order valence-corrected chi connectivity index (χ2v) is 8.58. The Morgan fingerprint density at radius 2 is 1.89 bits per heavy atom. The molecule has 1 aliphatic rings. The molecule has 10 nitrogen and oxygen atoms in total. The second kappa shape index (κ2) is 10.9. The number of aromatic nitrogens is 1. The lowest BCUT2D eigenvalue weighted by Gasteiger charge is -2.26. The predicted octanol–water partition coefficient (Wildman–Crippen LogP) is 3.73. The molecule has 5 rings (SSSR count). The van der Waals surface area contributed by atoms with E-state index in [-0.39, 0.29) is 11.3 Å². The van der Waals surface area contributed by atoms with Crippen LogP contribution >= 0.6 is 0 Å². The first-order valence-corrected chi connectivity index (χ1v) is 12.0. The van der Waals surface area contributed by atoms with Gasteiger partial charge in [-0.1, -0.05) is 35.5 Å². The van der Waals surface area contributed by atoms with Crippen molar-refractivity contribution in [3.8, 4) is 22.8 Å². The van der Waals surface area contributed by atoms with Gasteiger partial charge in [0.25, 0.3) is 5.91 Å². The number of carbonyl (C=O) groups excluding carboxylic acids is 1. The molecule has 0 unspecified atom stereocenters. The topological polar surface area (TPSA) is 116 Å². The number of anilines is 1. The first-order chi connectivity index (χ1) is 18.0. The number of fused-ring (bicyclic) bond motifs is 1. The number of hydrogen-bond donors (Lipinski definition) is 1. The molecular weight excluding hydrogens is 478 g/mol. The van der Waals surface area contributed by atoms with Crippen molar-refractivity contribution in [3.05, 3.63) is 70.2 Å². The van der Waals surface area contributed by atoms with Crippen molar-refractivity contribution in [3.63, 3.8) is 0 Å². The number of ether oxygens (including phenoxy) is 3. The number of nitrogens with one attached hydrogen (secondary N) is 1. The van der Waals surface area contributed by atoms with Gasteiger partial charge in [0.15, 0.2) is 17.3 Å². The molecule has 0 aliphatic carbocycles. The minimum absolute atomic E-state index is 0.0137. The van der Waals surface area contributed by atoms with Crippen LogP contribution < -0.4 is 20.4 Å². The van der Waals surface area contributed by atoms with E-state index in [1.54, 1.807) is 25.1 Å². The van der Waals surface area contributed by atoms with E-state index < -0.39 is 11.5 Å². The van der Waals surface area contributed by atoms with Gasteiger partial charge in [-0.15, -0.1) is 0 Å². The molecule has 10 heteroatoms. The number of morpholine rings is 1. The van der Waals surface area contributed by atoms with Crippen LogP contribution in [0, 0.1) is 6.92 Å². The Labute approximate surface area is 212 Å². The number of amides is 1. The average Bonchev–Trinajstić information content (AvgIpc) is 3.31. The Bertz CT molecular complexity index is 1460. The Kier molecular flexibility index (Phi) is 7.20. The van der Waals surface area contributed by atoms with Crippen molar-refractivity contribution in [1.82, 2.24) is 10.1 Å². The van der Waals surface area contributed by atoms with E-state index in [2.05, 4.69) is 15.4 Å². The van der Waals surface area contributed by atoms with Crippen LogP contribution in [0.2, 0.25) is 0 Å². The molecule has 2 aromatic heterocycles. The first-order valence-electron chi connectivity index (χ1n) is 12.0. The van der Waals surface area contributed by atoms with Crippen LogP contribution in [0.4, 0.5) is 5.69 Å². The van der Waals surface area contributed by atoms with Crippen molar-refractivity contribution in [1.29, 1.82) is 0 Å². The first kappa shape index (κ1) is 24.5. The maximum atomic E-state index is 13.2. The minimum atomic E-state index is -0.694. The summed E-state index contributed by atoms with van der Waals surface area (Å²) in [4.78, 5) is 28.2. The van der Waals surface area contributed by atoms with Gasteiger partial charge >= 0.3 is 5.63 Å². The minimum Gasteiger partial charge on any atom is -0.493 e. The van der Waals surface area contributed by atoms with Crippen LogP contribution in [0.25, 0.3) is 22.3 Å². The summed E-state index contributed by atoms with van der Waals surface area (Å²) in [5.41, 5.74) is 0.955. The summed E-state index contributed by atoms with van der Waals surface area (Å²) in [6.07, 6.45) is 0. The normalized spacial score (nSPS) is 14.0. The highest BCUT2D eigenvalue weighted by atomic mass is 16.5. The lowest BCUT2D eigenvalue weighted by molar-refractivity contribution is 0.0321. The maximum absolute atomic E-state index is 13.2. The molecule has 0 radical (unpaired) electrons. The Balaban J connectivity index is 1.37. The standard InChI is InChI=1S/C27H27N3O7/c1-17-24(25(37-29-17)18-6-4-3-5-7-18)26(31)28-20-14-19-15-22(33-2)23(16-21(19)36-27(20)32)35-13-10-30-8-11-34-12-9-30/h3-7,14-16H,8-13H2,1-2H3,(H,28,31). The van der Waals surface area contributed by atoms with Crippen molar-refractivity contribution in [2.45, 2.75) is 6.92 Å². The molecule has 0 atom stereocenters. The van der Waals surface area contributed by atoms with E-state index in [0.29, 0.717) is 59.3 Å². The molecular formula is C27H27N3O7. The zero-order valence-electron chi connectivity index (χ0n) is 20.6. The molecule has 1 fully saturated rings. The largest absolute Gasteiger partial charge is 0.493 e. The highest BCUT2D eigenvalue weighted by molar-refractivity contribution is 6.09. The van der Waals surface area contributed by atoms with E-state index in [1.807, 2.05) is 30.3 Å². The van der Waals surface area contributed by atoms with Gasteiger partial charge < -0.3 is 28.5 Å². The van der Waals surface area contributed by atoms with E-state index in [1.165, 1.54) is 7.11 Å². The summed E-state index contributed by atoms with van der Waals surface area (Å²) in [7, 11) is 1.54. The van der Waals surface area contributed by atoms with Gasteiger partial charge in [0, 0.05) is 36.7 Å². The summed E-state index contributed by atoms with van der Waals surface area (Å²) in [5.74, 6) is 0.748. The molecule has 1 saturated heterocycles. The molecule has 0 spiro atoms. The fourth-order valence-electron chi connectivity index (χ4n) is 4.20. The smallest absolute Gasteiger partial charge is 0.360 e. The number of aryl methyl sites for hydroxylation is 1. The van der Waals surface area contributed by atoms with Crippen LogP contribution in [-0.4, -0.2) is 62.5 Å². The van der Waals surface area contributed by atoms with E-state index >= 15 is 0 Å². The van der Waals surface area contributed by atoms with Gasteiger partial charge in [-0.05, 0) is 19.1 Å². The second-order valence-electron chi connectivity index (χ2n) is 8.58. The Morgan fingerprint density at radius 1 is 1.11 bits per heavy atom. The van der Waals surface area contributed by atoms with Crippen molar-refractivity contribution >= 4 is 22.6 Å². The van der Waals surface area contributed by atoms with Crippen LogP contribution in [-0.2, 0) is 4.74 Å². The summed E-state index contributed by atoms with van der Waals surface area (Å²) in [6.45, 7) is 6.01. The van der Waals surface area contributed by atoms with E-state index in [4.69, 9.17) is 23.2 Å². The Hall–Kier alpha value is -4.15. The number of benzene rings is 2. The summed E-state index contributed by atoms with van der Waals surface area (Å²) >= 11 is 0. The molecule has 1 aliphatic heterocycles. The fraction of sp³-hybridized carbons (Fsp3) is 0.296. The summed E-state index contributed by atoms with van der Waals surface area (Å²) in [6, 6.07) is 14.0. The molecule has 37 heavy (non-hydrogen) atoms. The fourth-order valence-corrected chi connectivity index (χ4v) is 4.20. The highest BCUT2D eigenvalue weighted by Crippen LogP contribution is 2.33. The lowest BCUT2D eigenvalue weighted by atomic mass is 10.1. The van der Waals surface area contributed by atoms with Crippen LogP contribution in [0.1, 0.15) is 16.1 Å². The molecule has 1 amide bonds. The van der Waals surface area contributed by atoms with Gasteiger partial charge in [-0.3, -0.25) is 9.69 Å². The van der Waals surface area contributed by atoms with Crippen molar-refractivity contribution in [2.75, 3.05) is 51.9 Å². The molecule has 0 saturated carbocycles. The van der Waals surface area contributed by atoms with Gasteiger partial charge in [0.1, 0.15) is 23.4 Å². The zero-order chi connectivity index (χ0) is 25.8. The average molecular weight is 506 g/mol. The van der Waals surface area contributed by atoms with Gasteiger partial charge in [0.2, 0.25) is 0 Å². The highest BCUT2D eigenvalue weighted by Gasteiger charge is 2.23. The van der Waals surface area contributed by atoms with Crippen molar-refractivity contribution in [2.24, 2.45) is 0 Å². The van der Waals surface area contributed by atoms with E-state index in [9.17, 15) is 9.59 Å². The lowest BCUT2D eigenvalue weighted by Crippen LogP contribution is -2.38. The number of nitrogens with zero attached hydrogens (tertiary/aromatic N) is 2. The molecule has 3 heterocycles. The molecule has 192 valence electrons. The third-order valence-corrected chi connectivity index (χ3v) is 6.16. The zero-order valence-corrected chi connectivity index (χ0v) is 20.6. The quantitative estimate of drug-likeness (QED) is 0.358. The SMILES string of the molecule is COc1cc2cc(NC(=O)c3c(C)noc3-c3ccccc3)c(=O)oc2cc1OCCN1CCOCC1. The molecule has 0 bridgehead atoms.